The molecular formula is C11H9FN2O4S. The zero-order valence-corrected chi connectivity index (χ0v) is 10.2. The van der Waals surface area contributed by atoms with Gasteiger partial charge in [0, 0.05) is 18.1 Å². The van der Waals surface area contributed by atoms with E-state index >= 15 is 0 Å². The second-order valence-corrected chi connectivity index (χ2v) is 5.33. The maximum atomic E-state index is 13.2. The van der Waals surface area contributed by atoms with Gasteiger partial charge in [0.2, 0.25) is 0 Å². The summed E-state index contributed by atoms with van der Waals surface area (Å²) in [6.45, 7) is 0. The fraction of sp³-hybridized carbons (Fsp3) is 0. The first-order chi connectivity index (χ1) is 8.90. The third-order valence-corrected chi connectivity index (χ3v) is 3.71. The second-order valence-electron chi connectivity index (χ2n) is 3.65. The van der Waals surface area contributed by atoms with Gasteiger partial charge in [0.15, 0.2) is 0 Å². The first kappa shape index (κ1) is 13.1. The van der Waals surface area contributed by atoms with Crippen LogP contribution in [0.5, 0.6) is 0 Å². The van der Waals surface area contributed by atoms with E-state index in [9.17, 15) is 17.6 Å². The van der Waals surface area contributed by atoms with E-state index in [2.05, 4.69) is 9.71 Å². The average Bonchev–Trinajstić information content (AvgIpc) is 2.85. The molecule has 0 spiro atoms. The van der Waals surface area contributed by atoms with Gasteiger partial charge in [-0.2, -0.15) is 0 Å². The monoisotopic (exact) mass is 284 g/mol. The normalized spacial score (nSPS) is 11.2. The van der Waals surface area contributed by atoms with Gasteiger partial charge >= 0.3 is 5.97 Å². The minimum atomic E-state index is -3.82. The summed E-state index contributed by atoms with van der Waals surface area (Å²) in [5.41, 5.74) is -0.630. The van der Waals surface area contributed by atoms with Crippen molar-refractivity contribution in [3.8, 4) is 0 Å². The standard InChI is InChI=1S/C11H9FN2O4S/c12-10-2-1-7(5-9(10)11(15)16)14-19(17,18)8-3-4-13-6-8/h1-6,13-14H,(H,15,16). The molecule has 0 aliphatic heterocycles. The van der Waals surface area contributed by atoms with Crippen LogP contribution in [0.25, 0.3) is 0 Å². The Kier molecular flexibility index (Phi) is 3.26. The smallest absolute Gasteiger partial charge is 0.338 e. The molecule has 0 aliphatic rings. The molecule has 0 radical (unpaired) electrons. The third-order valence-electron chi connectivity index (χ3n) is 2.33. The van der Waals surface area contributed by atoms with E-state index in [1.807, 2.05) is 0 Å². The Morgan fingerprint density at radius 3 is 2.63 bits per heavy atom. The van der Waals surface area contributed by atoms with E-state index in [0.29, 0.717) is 0 Å². The van der Waals surface area contributed by atoms with E-state index in [0.717, 1.165) is 18.2 Å². The summed E-state index contributed by atoms with van der Waals surface area (Å²) in [7, 11) is -3.82. The van der Waals surface area contributed by atoms with Crippen molar-refractivity contribution in [1.29, 1.82) is 0 Å². The van der Waals surface area contributed by atoms with Crippen LogP contribution >= 0.6 is 0 Å². The third kappa shape index (κ3) is 2.74. The Morgan fingerprint density at radius 1 is 1.32 bits per heavy atom. The molecule has 1 aromatic heterocycles. The van der Waals surface area contributed by atoms with Crippen LogP contribution in [0.15, 0.2) is 41.6 Å². The number of anilines is 1. The van der Waals surface area contributed by atoms with Gasteiger partial charge in [-0.3, -0.25) is 4.72 Å². The number of aromatic amines is 1. The van der Waals surface area contributed by atoms with E-state index in [-0.39, 0.29) is 10.6 Å². The molecular weight excluding hydrogens is 275 g/mol. The van der Waals surface area contributed by atoms with Crippen molar-refractivity contribution in [2.45, 2.75) is 4.90 Å². The largest absolute Gasteiger partial charge is 0.478 e. The Balaban J connectivity index is 2.35. The number of H-pyrrole nitrogens is 1. The Morgan fingerprint density at radius 2 is 2.05 bits per heavy atom. The van der Waals surface area contributed by atoms with E-state index in [1.165, 1.54) is 18.5 Å². The number of carbonyl (C=O) groups is 1. The molecule has 1 aromatic carbocycles. The Hall–Kier alpha value is -2.35. The summed E-state index contributed by atoms with van der Waals surface area (Å²) in [5, 5.41) is 8.75. The SMILES string of the molecule is O=C(O)c1cc(NS(=O)(=O)c2cc[nH]c2)ccc1F. The molecule has 2 rings (SSSR count). The number of carboxylic acids is 1. The van der Waals surface area contributed by atoms with Gasteiger partial charge in [-0.1, -0.05) is 0 Å². The lowest BCUT2D eigenvalue weighted by Crippen LogP contribution is -2.13. The molecule has 0 saturated carbocycles. The highest BCUT2D eigenvalue weighted by Gasteiger charge is 2.17. The molecule has 0 bridgehead atoms. The number of hydrogen-bond donors (Lipinski definition) is 3. The molecule has 0 atom stereocenters. The van der Waals surface area contributed by atoms with Gasteiger partial charge < -0.3 is 10.1 Å². The number of hydrogen-bond acceptors (Lipinski definition) is 3. The van der Waals surface area contributed by atoms with Crippen molar-refractivity contribution in [1.82, 2.24) is 4.98 Å². The molecule has 0 saturated heterocycles. The lowest BCUT2D eigenvalue weighted by molar-refractivity contribution is 0.0692. The van der Waals surface area contributed by atoms with Gasteiger partial charge in [0.05, 0.1) is 5.56 Å². The summed E-state index contributed by atoms with van der Waals surface area (Å²) < 4.78 is 39.0. The molecule has 6 nitrogen and oxygen atoms in total. The van der Waals surface area contributed by atoms with Gasteiger partial charge in [-0.05, 0) is 24.3 Å². The maximum Gasteiger partial charge on any atom is 0.338 e. The van der Waals surface area contributed by atoms with Crippen LogP contribution < -0.4 is 4.72 Å². The van der Waals surface area contributed by atoms with Crippen molar-refractivity contribution in [2.24, 2.45) is 0 Å². The predicted octanol–water partition coefficient (Wildman–Crippen LogP) is 1.65. The number of halogens is 1. The van der Waals surface area contributed by atoms with Gasteiger partial charge in [0.1, 0.15) is 10.7 Å². The first-order valence-corrected chi connectivity index (χ1v) is 6.57. The summed E-state index contributed by atoms with van der Waals surface area (Å²) in [4.78, 5) is 13.3. The first-order valence-electron chi connectivity index (χ1n) is 5.08. The van der Waals surface area contributed by atoms with Gasteiger partial charge in [0.25, 0.3) is 10.0 Å². The van der Waals surface area contributed by atoms with Crippen LogP contribution in [-0.2, 0) is 10.0 Å². The fourth-order valence-electron chi connectivity index (χ4n) is 1.44. The van der Waals surface area contributed by atoms with Crippen LogP contribution in [0, 0.1) is 5.82 Å². The highest BCUT2D eigenvalue weighted by Crippen LogP contribution is 2.18. The van der Waals surface area contributed by atoms with Crippen LogP contribution in [-0.4, -0.2) is 24.5 Å². The zero-order chi connectivity index (χ0) is 14.0. The highest BCUT2D eigenvalue weighted by molar-refractivity contribution is 7.92. The van der Waals surface area contributed by atoms with Crippen LogP contribution in [0.4, 0.5) is 10.1 Å². The topological polar surface area (TPSA) is 99.3 Å². The van der Waals surface area contributed by atoms with Crippen LogP contribution in [0.3, 0.4) is 0 Å². The minimum absolute atomic E-state index is 0.00583. The molecule has 1 heterocycles. The Labute approximate surface area is 107 Å². The molecule has 0 amide bonds. The van der Waals surface area contributed by atoms with Crippen LogP contribution in [0.1, 0.15) is 10.4 Å². The van der Waals surface area contributed by atoms with Crippen molar-refractivity contribution in [3.05, 3.63) is 48.0 Å². The van der Waals surface area contributed by atoms with Gasteiger partial charge in [-0.25, -0.2) is 17.6 Å². The molecule has 0 fully saturated rings. The van der Waals surface area contributed by atoms with Crippen molar-refractivity contribution >= 4 is 21.7 Å². The molecule has 8 heteroatoms. The number of carboxylic acid groups (broad SMARTS) is 1. The summed E-state index contributed by atoms with van der Waals surface area (Å²) >= 11 is 0. The number of nitrogens with one attached hydrogen (secondary N) is 2. The number of aromatic nitrogens is 1. The summed E-state index contributed by atoms with van der Waals surface area (Å²) in [6.07, 6.45) is 2.70. The minimum Gasteiger partial charge on any atom is -0.478 e. The fourth-order valence-corrected chi connectivity index (χ4v) is 2.47. The zero-order valence-electron chi connectivity index (χ0n) is 9.42. The van der Waals surface area contributed by atoms with Crippen LogP contribution in [0.2, 0.25) is 0 Å². The quantitative estimate of drug-likeness (QED) is 0.794. The van der Waals surface area contributed by atoms with E-state index < -0.39 is 27.4 Å². The average molecular weight is 284 g/mol. The number of rotatable bonds is 4. The van der Waals surface area contributed by atoms with Crippen molar-refractivity contribution in [2.75, 3.05) is 4.72 Å². The Bertz CT molecular complexity index is 710. The number of sulfonamides is 1. The summed E-state index contributed by atoms with van der Waals surface area (Å²) in [5.74, 6) is -2.41. The lowest BCUT2D eigenvalue weighted by atomic mass is 10.2. The summed E-state index contributed by atoms with van der Waals surface area (Å²) in [6, 6.07) is 4.29. The molecule has 3 N–H and O–H groups in total. The molecule has 100 valence electrons. The second kappa shape index (κ2) is 4.73. The van der Waals surface area contributed by atoms with Crippen molar-refractivity contribution < 1.29 is 22.7 Å². The number of aromatic carboxylic acids is 1. The van der Waals surface area contributed by atoms with Gasteiger partial charge in [-0.15, -0.1) is 0 Å². The molecule has 2 aromatic rings. The highest BCUT2D eigenvalue weighted by atomic mass is 32.2. The number of benzene rings is 1. The maximum absolute atomic E-state index is 13.2. The van der Waals surface area contributed by atoms with E-state index in [1.54, 1.807) is 0 Å². The predicted molar refractivity (Wildman–Crippen MR) is 65.0 cm³/mol. The van der Waals surface area contributed by atoms with E-state index in [4.69, 9.17) is 5.11 Å². The van der Waals surface area contributed by atoms with Crippen molar-refractivity contribution in [3.63, 3.8) is 0 Å². The molecule has 0 aliphatic carbocycles. The molecule has 19 heavy (non-hydrogen) atoms. The lowest BCUT2D eigenvalue weighted by Gasteiger charge is -2.07. The molecule has 0 unspecified atom stereocenters.